The molecule has 2 unspecified atom stereocenters. The van der Waals surface area contributed by atoms with Crippen molar-refractivity contribution in [2.24, 2.45) is 5.73 Å². The number of hydrogen-bond donors (Lipinski definition) is 1. The summed E-state index contributed by atoms with van der Waals surface area (Å²) in [6.45, 7) is 4.71. The van der Waals surface area contributed by atoms with E-state index in [2.05, 4.69) is 16.7 Å². The van der Waals surface area contributed by atoms with Gasteiger partial charge in [-0.1, -0.05) is 0 Å². The van der Waals surface area contributed by atoms with Crippen molar-refractivity contribution in [3.63, 3.8) is 0 Å². The summed E-state index contributed by atoms with van der Waals surface area (Å²) in [7, 11) is 0. The molecule has 0 aromatic heterocycles. The lowest BCUT2D eigenvalue weighted by Gasteiger charge is -2.46. The second-order valence-electron chi connectivity index (χ2n) is 3.52. The lowest BCUT2D eigenvalue weighted by atomic mass is 10.1. The highest BCUT2D eigenvalue weighted by molar-refractivity contribution is 8.02. The molecule has 3 fully saturated rings. The molecule has 64 valence electrons. The number of fused-ring (bicyclic) bond motifs is 2. The minimum Gasteiger partial charge on any atom is -0.330 e. The first-order valence-electron chi connectivity index (χ1n) is 4.46. The van der Waals surface area contributed by atoms with E-state index < -0.39 is 0 Å². The van der Waals surface area contributed by atoms with Crippen molar-refractivity contribution in [2.75, 3.05) is 26.2 Å². The number of nitrogens with two attached hydrogens (primary N) is 1. The van der Waals surface area contributed by atoms with E-state index in [1.54, 1.807) is 0 Å². The molecular weight excluding hydrogens is 156 g/mol. The molecule has 2 N–H and O–H groups in total. The number of thioether (sulfide) groups is 1. The first-order valence-corrected chi connectivity index (χ1v) is 5.40. The maximum Gasteiger partial charge on any atom is 0.0189 e. The van der Waals surface area contributed by atoms with Crippen LogP contribution in [-0.2, 0) is 0 Å². The average Bonchev–Trinajstić information content (AvgIpc) is 2.00. The molecular formula is C8H16N2S. The summed E-state index contributed by atoms with van der Waals surface area (Å²) < 4.78 is 0. The van der Waals surface area contributed by atoms with Crippen LogP contribution in [0.5, 0.6) is 0 Å². The molecule has 3 aliphatic rings. The van der Waals surface area contributed by atoms with Gasteiger partial charge < -0.3 is 10.6 Å². The van der Waals surface area contributed by atoms with Crippen molar-refractivity contribution >= 4 is 11.8 Å². The van der Waals surface area contributed by atoms with E-state index in [0.717, 1.165) is 17.0 Å². The van der Waals surface area contributed by atoms with Crippen LogP contribution in [0.2, 0.25) is 0 Å². The summed E-state index contributed by atoms with van der Waals surface area (Å²) in [5.41, 5.74) is 5.46. The van der Waals surface area contributed by atoms with E-state index in [-0.39, 0.29) is 0 Å². The Kier molecular flexibility index (Phi) is 2.39. The maximum absolute atomic E-state index is 5.46. The molecule has 3 rings (SSSR count). The zero-order valence-corrected chi connectivity index (χ0v) is 7.65. The minimum absolute atomic E-state index is 0.846. The highest BCUT2D eigenvalue weighted by atomic mass is 32.2. The molecule has 2 bridgehead atoms. The van der Waals surface area contributed by atoms with Gasteiger partial charge in [0.2, 0.25) is 0 Å². The Balaban J connectivity index is 1.70. The zero-order valence-electron chi connectivity index (χ0n) is 6.83. The molecule has 3 aliphatic heterocycles. The minimum atomic E-state index is 0.846. The molecule has 0 aliphatic carbocycles. The predicted octanol–water partition coefficient (Wildman–Crippen LogP) is 0.525. The average molecular weight is 172 g/mol. The predicted molar refractivity (Wildman–Crippen MR) is 49.9 cm³/mol. The van der Waals surface area contributed by atoms with Crippen LogP contribution in [0.1, 0.15) is 12.8 Å². The molecule has 2 atom stereocenters. The Morgan fingerprint density at radius 3 is 2.55 bits per heavy atom. The third-order valence-electron chi connectivity index (χ3n) is 2.51. The quantitative estimate of drug-likeness (QED) is 0.673. The summed E-state index contributed by atoms with van der Waals surface area (Å²) in [6.07, 6.45) is 2.65. The summed E-state index contributed by atoms with van der Waals surface area (Å²) in [5, 5.41) is 1.93. The Morgan fingerprint density at radius 1 is 1.36 bits per heavy atom. The SMILES string of the molecule is NCCCN1CC2CC(C1)S2. The van der Waals surface area contributed by atoms with Gasteiger partial charge in [-0.3, -0.25) is 0 Å². The van der Waals surface area contributed by atoms with Crippen LogP contribution < -0.4 is 5.73 Å². The molecule has 0 amide bonds. The lowest BCUT2D eigenvalue weighted by molar-refractivity contribution is 0.222. The summed E-state index contributed by atoms with van der Waals surface area (Å²) >= 11 is 2.18. The monoisotopic (exact) mass is 172 g/mol. The third kappa shape index (κ3) is 1.71. The Hall–Kier alpha value is 0.270. The summed E-state index contributed by atoms with van der Waals surface area (Å²) in [6, 6.07) is 0. The van der Waals surface area contributed by atoms with Gasteiger partial charge in [0, 0.05) is 23.6 Å². The Bertz CT molecular complexity index is 124. The summed E-state index contributed by atoms with van der Waals surface area (Å²) in [5.74, 6) is 0. The van der Waals surface area contributed by atoms with Gasteiger partial charge in [-0.15, -0.1) is 0 Å². The molecule has 0 spiro atoms. The molecule has 3 heteroatoms. The number of piperidine rings is 1. The first kappa shape index (κ1) is 7.90. The van der Waals surface area contributed by atoms with E-state index >= 15 is 0 Å². The largest absolute Gasteiger partial charge is 0.330 e. The standard InChI is InChI=1S/C8H16N2S/c9-2-1-3-10-5-7-4-8(6-10)11-7/h7-8H,1-6,9H2. The van der Waals surface area contributed by atoms with Crippen LogP contribution in [0.25, 0.3) is 0 Å². The smallest absolute Gasteiger partial charge is 0.0189 e. The van der Waals surface area contributed by atoms with Crippen LogP contribution in [0.15, 0.2) is 0 Å². The Morgan fingerprint density at radius 2 is 2.00 bits per heavy atom. The molecule has 0 aromatic carbocycles. The fourth-order valence-corrected chi connectivity index (χ4v) is 3.40. The van der Waals surface area contributed by atoms with Crippen molar-refractivity contribution in [3.05, 3.63) is 0 Å². The topological polar surface area (TPSA) is 29.3 Å². The van der Waals surface area contributed by atoms with Crippen LogP contribution in [0, 0.1) is 0 Å². The van der Waals surface area contributed by atoms with Gasteiger partial charge in [-0.2, -0.15) is 11.8 Å². The van der Waals surface area contributed by atoms with Gasteiger partial charge in [-0.25, -0.2) is 0 Å². The normalized spacial score (nSPS) is 36.8. The van der Waals surface area contributed by atoms with E-state index in [0.29, 0.717) is 0 Å². The number of rotatable bonds is 3. The third-order valence-corrected chi connectivity index (χ3v) is 3.97. The maximum atomic E-state index is 5.46. The molecule has 11 heavy (non-hydrogen) atoms. The van der Waals surface area contributed by atoms with Gasteiger partial charge in [0.15, 0.2) is 0 Å². The van der Waals surface area contributed by atoms with Crippen LogP contribution in [0.3, 0.4) is 0 Å². The zero-order chi connectivity index (χ0) is 7.68. The van der Waals surface area contributed by atoms with Gasteiger partial charge in [0.05, 0.1) is 0 Å². The molecule has 3 heterocycles. The van der Waals surface area contributed by atoms with Crippen molar-refractivity contribution in [1.82, 2.24) is 4.90 Å². The highest BCUT2D eigenvalue weighted by Gasteiger charge is 2.37. The molecule has 3 saturated heterocycles. The Labute approximate surface area is 72.5 Å². The van der Waals surface area contributed by atoms with Crippen LogP contribution in [0.4, 0.5) is 0 Å². The van der Waals surface area contributed by atoms with E-state index in [1.807, 2.05) is 0 Å². The van der Waals surface area contributed by atoms with E-state index in [1.165, 1.54) is 32.5 Å². The van der Waals surface area contributed by atoms with Crippen molar-refractivity contribution in [2.45, 2.75) is 23.3 Å². The number of hydrogen-bond acceptors (Lipinski definition) is 3. The fourth-order valence-electron chi connectivity index (χ4n) is 1.94. The van der Waals surface area contributed by atoms with Gasteiger partial charge >= 0.3 is 0 Å². The molecule has 0 radical (unpaired) electrons. The van der Waals surface area contributed by atoms with Crippen molar-refractivity contribution in [1.29, 1.82) is 0 Å². The van der Waals surface area contributed by atoms with Crippen molar-refractivity contribution in [3.8, 4) is 0 Å². The lowest BCUT2D eigenvalue weighted by Crippen LogP contribution is -2.51. The van der Waals surface area contributed by atoms with Gasteiger partial charge in [0.25, 0.3) is 0 Å². The molecule has 2 nitrogen and oxygen atoms in total. The number of nitrogens with zero attached hydrogens (tertiary/aromatic N) is 1. The second kappa shape index (κ2) is 3.33. The highest BCUT2D eigenvalue weighted by Crippen LogP contribution is 2.41. The first-order chi connectivity index (χ1) is 5.38. The van der Waals surface area contributed by atoms with Gasteiger partial charge in [-0.05, 0) is 25.9 Å². The second-order valence-corrected chi connectivity index (χ2v) is 5.12. The van der Waals surface area contributed by atoms with E-state index in [4.69, 9.17) is 5.73 Å². The van der Waals surface area contributed by atoms with Gasteiger partial charge in [0.1, 0.15) is 0 Å². The van der Waals surface area contributed by atoms with Crippen LogP contribution in [-0.4, -0.2) is 41.6 Å². The van der Waals surface area contributed by atoms with Crippen LogP contribution >= 0.6 is 11.8 Å². The molecule has 0 aromatic rings. The fraction of sp³-hybridized carbons (Fsp3) is 1.00. The summed E-state index contributed by atoms with van der Waals surface area (Å²) in [4.78, 5) is 2.57. The van der Waals surface area contributed by atoms with Crippen molar-refractivity contribution < 1.29 is 0 Å². The van der Waals surface area contributed by atoms with E-state index in [9.17, 15) is 0 Å². The molecule has 0 saturated carbocycles.